The molecule has 0 radical (unpaired) electrons. The highest BCUT2D eigenvalue weighted by atomic mass is 16.6. The van der Waals surface area contributed by atoms with Gasteiger partial charge in [-0.15, -0.1) is 6.58 Å². The van der Waals surface area contributed by atoms with Crippen LogP contribution in [0.4, 0.5) is 11.4 Å². The van der Waals surface area contributed by atoms with E-state index < -0.39 is 10.8 Å². The summed E-state index contributed by atoms with van der Waals surface area (Å²) in [5, 5.41) is 11.0. The van der Waals surface area contributed by atoms with E-state index in [9.17, 15) is 14.9 Å². The largest absolute Gasteiger partial charge is 0.398 e. The predicted molar refractivity (Wildman–Crippen MR) is 78.0 cm³/mol. The van der Waals surface area contributed by atoms with Crippen LogP contribution < -0.4 is 5.73 Å². The number of ether oxygens (including phenoxy) is 1. The number of nitro groups is 1. The van der Waals surface area contributed by atoms with E-state index in [0.29, 0.717) is 26.1 Å². The van der Waals surface area contributed by atoms with Crippen molar-refractivity contribution in [1.82, 2.24) is 4.90 Å². The summed E-state index contributed by atoms with van der Waals surface area (Å²) >= 11 is 0. The fourth-order valence-electron chi connectivity index (χ4n) is 2.35. The molecule has 0 spiro atoms. The predicted octanol–water partition coefficient (Wildman–Crippen LogP) is 1.59. The van der Waals surface area contributed by atoms with Crippen molar-refractivity contribution in [3.05, 3.63) is 46.5 Å². The number of carbonyl (C=O) groups excluding carboxylic acids is 1. The highest BCUT2D eigenvalue weighted by Gasteiger charge is 2.32. The highest BCUT2D eigenvalue weighted by Crippen LogP contribution is 2.27. The van der Waals surface area contributed by atoms with Crippen LogP contribution in [0.2, 0.25) is 0 Å². The van der Waals surface area contributed by atoms with Crippen LogP contribution in [0.15, 0.2) is 30.9 Å². The van der Waals surface area contributed by atoms with Crippen LogP contribution in [0, 0.1) is 10.1 Å². The zero-order chi connectivity index (χ0) is 15.4. The molecule has 0 bridgehead atoms. The van der Waals surface area contributed by atoms with Gasteiger partial charge in [0.25, 0.3) is 11.6 Å². The fraction of sp³-hybridized carbons (Fsp3) is 0.357. The lowest BCUT2D eigenvalue weighted by molar-refractivity contribution is -0.385. The monoisotopic (exact) mass is 291 g/mol. The van der Waals surface area contributed by atoms with Gasteiger partial charge in [0, 0.05) is 19.2 Å². The summed E-state index contributed by atoms with van der Waals surface area (Å²) in [6.45, 7) is 4.88. The first-order valence-electron chi connectivity index (χ1n) is 6.59. The van der Waals surface area contributed by atoms with Crippen LogP contribution in [0.1, 0.15) is 16.8 Å². The molecule has 7 nitrogen and oxygen atoms in total. The third kappa shape index (κ3) is 3.19. The van der Waals surface area contributed by atoms with E-state index in [1.165, 1.54) is 23.1 Å². The van der Waals surface area contributed by atoms with E-state index in [0.717, 1.165) is 0 Å². The number of likely N-dealkylation sites (tertiary alicyclic amines) is 1. The second kappa shape index (κ2) is 6.36. The van der Waals surface area contributed by atoms with E-state index in [4.69, 9.17) is 10.5 Å². The zero-order valence-corrected chi connectivity index (χ0v) is 11.5. The Bertz CT molecular complexity index is 573. The number of carbonyl (C=O) groups is 1. The molecule has 1 aliphatic heterocycles. The van der Waals surface area contributed by atoms with Gasteiger partial charge >= 0.3 is 0 Å². The lowest BCUT2D eigenvalue weighted by Crippen LogP contribution is -2.31. The quantitative estimate of drug-likeness (QED) is 0.384. The maximum atomic E-state index is 12.5. The van der Waals surface area contributed by atoms with Gasteiger partial charge in [-0.3, -0.25) is 14.9 Å². The van der Waals surface area contributed by atoms with Crippen molar-refractivity contribution < 1.29 is 14.5 Å². The van der Waals surface area contributed by atoms with Gasteiger partial charge in [-0.2, -0.15) is 0 Å². The Kier molecular flexibility index (Phi) is 4.54. The van der Waals surface area contributed by atoms with Crippen molar-refractivity contribution in [2.45, 2.75) is 12.5 Å². The summed E-state index contributed by atoms with van der Waals surface area (Å²) in [5.41, 5.74) is 5.54. The van der Waals surface area contributed by atoms with Crippen molar-refractivity contribution in [2.24, 2.45) is 0 Å². The Labute approximate surface area is 122 Å². The zero-order valence-electron chi connectivity index (χ0n) is 11.5. The van der Waals surface area contributed by atoms with Crippen LogP contribution in [0.25, 0.3) is 0 Å². The first-order chi connectivity index (χ1) is 10.0. The van der Waals surface area contributed by atoms with E-state index in [-0.39, 0.29) is 23.0 Å². The van der Waals surface area contributed by atoms with Crippen LogP contribution in [0.5, 0.6) is 0 Å². The Morgan fingerprint density at radius 1 is 1.62 bits per heavy atom. The van der Waals surface area contributed by atoms with Crippen molar-refractivity contribution >= 4 is 17.3 Å². The SMILES string of the molecule is C=CCO[C@H]1CCN(C(=O)c2c(N)cccc2[N+](=O)[O-])C1. The summed E-state index contributed by atoms with van der Waals surface area (Å²) in [6, 6.07) is 4.23. The molecule has 0 aromatic heterocycles. The summed E-state index contributed by atoms with van der Waals surface area (Å²) in [5.74, 6) is -0.426. The molecule has 21 heavy (non-hydrogen) atoms. The summed E-state index contributed by atoms with van der Waals surface area (Å²) in [7, 11) is 0. The molecular formula is C14H17N3O4. The van der Waals surface area contributed by atoms with Gasteiger partial charge in [-0.25, -0.2) is 0 Å². The van der Waals surface area contributed by atoms with Gasteiger partial charge in [-0.1, -0.05) is 12.1 Å². The molecule has 0 aliphatic carbocycles. The minimum atomic E-state index is -0.592. The van der Waals surface area contributed by atoms with Crippen molar-refractivity contribution in [3.63, 3.8) is 0 Å². The van der Waals surface area contributed by atoms with Gasteiger partial charge in [0.15, 0.2) is 0 Å². The third-order valence-corrected chi connectivity index (χ3v) is 3.37. The molecule has 1 aromatic carbocycles. The van der Waals surface area contributed by atoms with E-state index in [2.05, 4.69) is 6.58 Å². The first-order valence-corrected chi connectivity index (χ1v) is 6.59. The molecule has 1 atom stereocenters. The van der Waals surface area contributed by atoms with Crippen molar-refractivity contribution in [1.29, 1.82) is 0 Å². The molecule has 0 unspecified atom stereocenters. The lowest BCUT2D eigenvalue weighted by atomic mass is 10.1. The number of benzene rings is 1. The molecule has 1 aliphatic rings. The second-order valence-corrected chi connectivity index (χ2v) is 4.78. The van der Waals surface area contributed by atoms with Gasteiger partial charge in [0.1, 0.15) is 5.56 Å². The van der Waals surface area contributed by atoms with Crippen LogP contribution in [0.3, 0.4) is 0 Å². The number of nitrogens with zero attached hydrogens (tertiary/aromatic N) is 2. The average molecular weight is 291 g/mol. The number of nitrogens with two attached hydrogens (primary N) is 1. The third-order valence-electron chi connectivity index (χ3n) is 3.37. The van der Waals surface area contributed by atoms with Crippen LogP contribution in [-0.4, -0.2) is 41.5 Å². The summed E-state index contributed by atoms with van der Waals surface area (Å²) in [4.78, 5) is 24.5. The molecule has 1 heterocycles. The Balaban J connectivity index is 2.18. The molecule has 1 aromatic rings. The van der Waals surface area contributed by atoms with Gasteiger partial charge < -0.3 is 15.4 Å². The maximum absolute atomic E-state index is 12.5. The minimum absolute atomic E-state index is 0.0492. The maximum Gasteiger partial charge on any atom is 0.284 e. The fourth-order valence-corrected chi connectivity index (χ4v) is 2.35. The summed E-state index contributed by atoms with van der Waals surface area (Å²) < 4.78 is 5.50. The van der Waals surface area contributed by atoms with Crippen LogP contribution >= 0.6 is 0 Å². The van der Waals surface area contributed by atoms with Gasteiger partial charge in [0.05, 0.1) is 23.3 Å². The first kappa shape index (κ1) is 15.0. The Morgan fingerprint density at radius 2 is 2.38 bits per heavy atom. The molecule has 1 saturated heterocycles. The topological polar surface area (TPSA) is 98.7 Å². The molecule has 2 rings (SSSR count). The molecule has 1 fully saturated rings. The van der Waals surface area contributed by atoms with Gasteiger partial charge in [0.2, 0.25) is 0 Å². The van der Waals surface area contributed by atoms with Crippen molar-refractivity contribution in [3.8, 4) is 0 Å². The minimum Gasteiger partial charge on any atom is -0.398 e. The Morgan fingerprint density at radius 3 is 3.05 bits per heavy atom. The van der Waals surface area contributed by atoms with Gasteiger partial charge in [-0.05, 0) is 12.5 Å². The number of nitrogen functional groups attached to an aromatic ring is 1. The number of amides is 1. The molecular weight excluding hydrogens is 274 g/mol. The summed E-state index contributed by atoms with van der Waals surface area (Å²) in [6.07, 6.45) is 2.26. The van der Waals surface area contributed by atoms with Crippen molar-refractivity contribution in [2.75, 3.05) is 25.4 Å². The second-order valence-electron chi connectivity index (χ2n) is 4.78. The number of hydrogen-bond acceptors (Lipinski definition) is 5. The van der Waals surface area contributed by atoms with E-state index in [1.807, 2.05) is 0 Å². The normalized spacial score (nSPS) is 17.7. The lowest BCUT2D eigenvalue weighted by Gasteiger charge is -2.17. The van der Waals surface area contributed by atoms with E-state index >= 15 is 0 Å². The number of nitro benzene ring substituents is 1. The smallest absolute Gasteiger partial charge is 0.284 e. The van der Waals surface area contributed by atoms with Crippen LogP contribution in [-0.2, 0) is 4.74 Å². The highest BCUT2D eigenvalue weighted by molar-refractivity contribution is 6.03. The number of hydrogen-bond donors (Lipinski definition) is 1. The molecule has 0 saturated carbocycles. The average Bonchev–Trinajstić information content (AvgIpc) is 2.92. The number of rotatable bonds is 5. The molecule has 1 amide bonds. The Hall–Kier alpha value is -2.41. The molecule has 7 heteroatoms. The number of anilines is 1. The molecule has 2 N–H and O–H groups in total. The van der Waals surface area contributed by atoms with E-state index in [1.54, 1.807) is 6.08 Å². The standard InChI is InChI=1S/C14H17N3O4/c1-2-8-21-10-6-7-16(9-10)14(18)13-11(15)4-3-5-12(13)17(19)20/h2-5,10H,1,6-9,15H2/t10-/m0/s1. The molecule has 112 valence electrons.